The molecule has 0 radical (unpaired) electrons. The van der Waals surface area contributed by atoms with Gasteiger partial charge in [0.25, 0.3) is 0 Å². The number of nitrogens with zero attached hydrogens (tertiary/aromatic N) is 2. The molecule has 0 aliphatic heterocycles. The number of amides is 1. The van der Waals surface area contributed by atoms with Gasteiger partial charge in [-0.05, 0) is 43.1 Å². The Hall–Kier alpha value is -1.85. The van der Waals surface area contributed by atoms with Crippen LogP contribution >= 0.6 is 12.4 Å². The number of carbonyl (C=O) groups excluding carboxylic acids is 1. The van der Waals surface area contributed by atoms with E-state index in [0.29, 0.717) is 24.4 Å². The number of hydrogen-bond donors (Lipinski definition) is 2. The number of carbonyl (C=O) groups is 1. The predicted octanol–water partition coefficient (Wildman–Crippen LogP) is 3.45. The second-order valence-electron chi connectivity index (χ2n) is 7.60. The van der Waals surface area contributed by atoms with Crippen LogP contribution in [-0.2, 0) is 11.3 Å². The summed E-state index contributed by atoms with van der Waals surface area (Å²) < 4.78 is 1.86. The van der Waals surface area contributed by atoms with Crippen molar-refractivity contribution in [1.29, 1.82) is 0 Å². The van der Waals surface area contributed by atoms with Gasteiger partial charge in [0.2, 0.25) is 5.91 Å². The predicted molar refractivity (Wildman–Crippen MR) is 105 cm³/mol. The Balaban J connectivity index is 0.00000196. The molecule has 26 heavy (non-hydrogen) atoms. The number of fused-ring (bicyclic) bond motifs is 2. The summed E-state index contributed by atoms with van der Waals surface area (Å²) in [4.78, 5) is 12.7. The largest absolute Gasteiger partial charge is 0.327 e. The molecule has 1 aromatic heterocycles. The highest BCUT2D eigenvalue weighted by Gasteiger charge is 2.40. The fraction of sp³-hybridized carbons (Fsp3) is 0.500. The van der Waals surface area contributed by atoms with Gasteiger partial charge in [0.1, 0.15) is 0 Å². The first-order chi connectivity index (χ1) is 12.2. The molecule has 2 saturated carbocycles. The standard InChI is InChI=1S/C20H26N4O.ClH/c21-19-15-7-4-8-16(19)10-17(9-15)20(25)23-18-11-22-24(13-18)12-14-5-2-1-3-6-14;/h1-3,5-6,11,13,15-17,19H,4,7-10,12,21H2,(H,23,25);1H. The van der Waals surface area contributed by atoms with E-state index >= 15 is 0 Å². The third kappa shape index (κ3) is 4.10. The molecule has 140 valence electrons. The van der Waals surface area contributed by atoms with Gasteiger partial charge in [0, 0.05) is 18.2 Å². The minimum absolute atomic E-state index is 0. The lowest BCUT2D eigenvalue weighted by Crippen LogP contribution is -2.48. The lowest BCUT2D eigenvalue weighted by Gasteiger charge is -2.43. The van der Waals surface area contributed by atoms with E-state index in [1.165, 1.54) is 24.8 Å². The van der Waals surface area contributed by atoms with E-state index in [-0.39, 0.29) is 24.2 Å². The first-order valence-electron chi connectivity index (χ1n) is 9.32. The molecule has 5 nitrogen and oxygen atoms in total. The van der Waals surface area contributed by atoms with Crippen LogP contribution in [0, 0.1) is 17.8 Å². The van der Waals surface area contributed by atoms with Crippen LogP contribution in [0.1, 0.15) is 37.7 Å². The van der Waals surface area contributed by atoms with Gasteiger partial charge in [-0.1, -0.05) is 36.8 Å². The first-order valence-corrected chi connectivity index (χ1v) is 9.32. The quantitative estimate of drug-likeness (QED) is 0.860. The second kappa shape index (κ2) is 8.23. The van der Waals surface area contributed by atoms with Gasteiger partial charge in [0.15, 0.2) is 0 Å². The number of rotatable bonds is 4. The lowest BCUT2D eigenvalue weighted by atomic mass is 9.65. The zero-order chi connectivity index (χ0) is 17.2. The van der Waals surface area contributed by atoms with Gasteiger partial charge < -0.3 is 11.1 Å². The number of halogens is 1. The highest BCUT2D eigenvalue weighted by Crippen LogP contribution is 2.42. The van der Waals surface area contributed by atoms with Crippen LogP contribution in [0.2, 0.25) is 0 Å². The Bertz CT molecular complexity index is 718. The van der Waals surface area contributed by atoms with Gasteiger partial charge in [-0.25, -0.2) is 0 Å². The van der Waals surface area contributed by atoms with E-state index in [1.54, 1.807) is 6.20 Å². The van der Waals surface area contributed by atoms with E-state index in [4.69, 9.17) is 5.73 Å². The van der Waals surface area contributed by atoms with Crippen molar-refractivity contribution < 1.29 is 4.79 Å². The van der Waals surface area contributed by atoms with Gasteiger partial charge in [-0.15, -0.1) is 12.4 Å². The molecule has 0 saturated heterocycles. The molecule has 3 N–H and O–H groups in total. The minimum Gasteiger partial charge on any atom is -0.327 e. The Morgan fingerprint density at radius 3 is 2.58 bits per heavy atom. The summed E-state index contributed by atoms with van der Waals surface area (Å²) in [6.45, 7) is 0.707. The molecular weight excluding hydrogens is 348 g/mol. The maximum atomic E-state index is 12.7. The van der Waals surface area contributed by atoms with Crippen LogP contribution in [0.15, 0.2) is 42.7 Å². The van der Waals surface area contributed by atoms with Crippen molar-refractivity contribution in [3.63, 3.8) is 0 Å². The highest BCUT2D eigenvalue weighted by molar-refractivity contribution is 5.92. The maximum absolute atomic E-state index is 12.7. The molecule has 4 rings (SSSR count). The summed E-state index contributed by atoms with van der Waals surface area (Å²) in [6.07, 6.45) is 9.12. The molecule has 6 heteroatoms. The summed E-state index contributed by atoms with van der Waals surface area (Å²) in [5.74, 6) is 1.25. The molecule has 2 aliphatic rings. The average Bonchev–Trinajstić information content (AvgIpc) is 3.02. The van der Waals surface area contributed by atoms with E-state index in [9.17, 15) is 4.79 Å². The molecule has 1 amide bonds. The number of nitrogens with one attached hydrogen (secondary N) is 1. The molecule has 2 bridgehead atoms. The molecule has 2 unspecified atom stereocenters. The van der Waals surface area contributed by atoms with Crippen LogP contribution in [-0.4, -0.2) is 21.7 Å². The van der Waals surface area contributed by atoms with Gasteiger partial charge in [0.05, 0.1) is 18.4 Å². The van der Waals surface area contributed by atoms with Crippen LogP contribution < -0.4 is 11.1 Å². The normalized spacial score (nSPS) is 27.4. The number of anilines is 1. The van der Waals surface area contributed by atoms with Gasteiger partial charge in [-0.2, -0.15) is 5.10 Å². The average molecular weight is 375 g/mol. The fourth-order valence-corrected chi connectivity index (χ4v) is 4.53. The van der Waals surface area contributed by atoms with Crippen LogP contribution in [0.4, 0.5) is 5.69 Å². The van der Waals surface area contributed by atoms with Crippen molar-refractivity contribution in [1.82, 2.24) is 9.78 Å². The monoisotopic (exact) mass is 374 g/mol. The number of hydrogen-bond acceptors (Lipinski definition) is 3. The summed E-state index contributed by atoms with van der Waals surface area (Å²) >= 11 is 0. The number of benzene rings is 1. The molecular formula is C20H27ClN4O. The molecule has 1 heterocycles. The van der Waals surface area contributed by atoms with Gasteiger partial charge >= 0.3 is 0 Å². The lowest BCUT2D eigenvalue weighted by molar-refractivity contribution is -0.122. The Labute approximate surface area is 160 Å². The summed E-state index contributed by atoms with van der Waals surface area (Å²) in [5.41, 5.74) is 8.30. The van der Waals surface area contributed by atoms with Crippen molar-refractivity contribution in [2.45, 2.75) is 44.7 Å². The van der Waals surface area contributed by atoms with E-state index in [0.717, 1.165) is 18.5 Å². The summed E-state index contributed by atoms with van der Waals surface area (Å²) in [6, 6.07) is 10.5. The number of aromatic nitrogens is 2. The van der Waals surface area contributed by atoms with Crippen molar-refractivity contribution >= 4 is 24.0 Å². The zero-order valence-corrected chi connectivity index (χ0v) is 15.7. The van der Waals surface area contributed by atoms with Crippen LogP contribution in [0.3, 0.4) is 0 Å². The van der Waals surface area contributed by atoms with Crippen LogP contribution in [0.5, 0.6) is 0 Å². The molecule has 1 aromatic carbocycles. The molecule has 2 aliphatic carbocycles. The third-order valence-corrected chi connectivity index (χ3v) is 5.87. The van der Waals surface area contributed by atoms with E-state index in [1.807, 2.05) is 29.1 Å². The van der Waals surface area contributed by atoms with Crippen molar-refractivity contribution in [2.75, 3.05) is 5.32 Å². The SMILES string of the molecule is Cl.NC1C2CCCC1CC(C(=O)Nc1cnn(Cc3ccccc3)c1)C2. The fourth-order valence-electron chi connectivity index (χ4n) is 4.53. The second-order valence-corrected chi connectivity index (χ2v) is 7.60. The maximum Gasteiger partial charge on any atom is 0.227 e. The van der Waals surface area contributed by atoms with E-state index in [2.05, 4.69) is 22.5 Å². The molecule has 0 spiro atoms. The molecule has 2 fully saturated rings. The minimum atomic E-state index is 0. The first kappa shape index (κ1) is 18.9. The smallest absolute Gasteiger partial charge is 0.227 e. The van der Waals surface area contributed by atoms with E-state index < -0.39 is 0 Å². The van der Waals surface area contributed by atoms with Crippen molar-refractivity contribution in [3.8, 4) is 0 Å². The number of nitrogens with two attached hydrogens (primary N) is 1. The summed E-state index contributed by atoms with van der Waals surface area (Å²) in [7, 11) is 0. The Morgan fingerprint density at radius 1 is 1.19 bits per heavy atom. The van der Waals surface area contributed by atoms with Crippen molar-refractivity contribution in [2.24, 2.45) is 23.5 Å². The highest BCUT2D eigenvalue weighted by atomic mass is 35.5. The van der Waals surface area contributed by atoms with Gasteiger partial charge in [-0.3, -0.25) is 9.48 Å². The topological polar surface area (TPSA) is 72.9 Å². The van der Waals surface area contributed by atoms with Crippen LogP contribution in [0.25, 0.3) is 0 Å². The third-order valence-electron chi connectivity index (χ3n) is 5.87. The molecule has 2 aromatic rings. The summed E-state index contributed by atoms with van der Waals surface area (Å²) in [5, 5.41) is 7.42. The van der Waals surface area contributed by atoms with Crippen molar-refractivity contribution in [3.05, 3.63) is 48.3 Å². The zero-order valence-electron chi connectivity index (χ0n) is 14.9. The Morgan fingerprint density at radius 2 is 1.88 bits per heavy atom. The molecule has 2 atom stereocenters. The Kier molecular flexibility index (Phi) is 5.99.